The average Bonchev–Trinajstić information content (AvgIpc) is 2.45. The van der Waals surface area contributed by atoms with Gasteiger partial charge in [-0.15, -0.1) is 0 Å². The second kappa shape index (κ2) is 6.54. The number of methoxy groups -OCH3 is 2. The first-order valence-corrected chi connectivity index (χ1v) is 9.23. The highest BCUT2D eigenvalue weighted by Gasteiger charge is 2.37. The number of aliphatic hydroxyl groups is 1. The minimum absolute atomic E-state index is 0.133. The Bertz CT molecular complexity index is 614. The van der Waals surface area contributed by atoms with E-state index in [0.717, 1.165) is 6.42 Å². The van der Waals surface area contributed by atoms with Gasteiger partial charge in [0.1, 0.15) is 16.0 Å². The highest BCUT2D eigenvalue weighted by Crippen LogP contribution is 2.42. The summed E-state index contributed by atoms with van der Waals surface area (Å²) in [5.74, 6) is 1.10. The summed E-state index contributed by atoms with van der Waals surface area (Å²) in [5.41, 5.74) is 0.459. The second-order valence-corrected chi connectivity index (χ2v) is 8.18. The largest absolute Gasteiger partial charge is 0.495 e. The van der Waals surface area contributed by atoms with E-state index in [1.54, 1.807) is 12.1 Å². The third kappa shape index (κ3) is 3.19. The molecular formula is C14H19BrO5S. The molecule has 0 radical (unpaired) electrons. The van der Waals surface area contributed by atoms with Crippen LogP contribution in [0, 0.1) is 0 Å². The Morgan fingerprint density at radius 1 is 1.29 bits per heavy atom. The Kier molecular flexibility index (Phi) is 5.16. The zero-order valence-electron chi connectivity index (χ0n) is 12.0. The van der Waals surface area contributed by atoms with Crippen LogP contribution < -0.4 is 9.47 Å². The van der Waals surface area contributed by atoms with Gasteiger partial charge in [-0.25, -0.2) is 8.42 Å². The molecular weight excluding hydrogens is 360 g/mol. The lowest BCUT2D eigenvalue weighted by Gasteiger charge is -2.28. The van der Waals surface area contributed by atoms with Crippen molar-refractivity contribution in [2.75, 3.05) is 20.0 Å². The van der Waals surface area contributed by atoms with Gasteiger partial charge in [0.15, 0.2) is 9.84 Å². The maximum atomic E-state index is 12.2. The fraction of sp³-hybridized carbons (Fsp3) is 0.571. The van der Waals surface area contributed by atoms with E-state index in [1.807, 2.05) is 0 Å². The fourth-order valence-corrected chi connectivity index (χ4v) is 5.34. The molecule has 5 nitrogen and oxygen atoms in total. The zero-order chi connectivity index (χ0) is 15.6. The molecule has 21 heavy (non-hydrogen) atoms. The number of ether oxygens (including phenoxy) is 2. The third-order valence-electron chi connectivity index (χ3n) is 3.82. The Morgan fingerprint density at radius 3 is 2.57 bits per heavy atom. The Labute approximate surface area is 133 Å². The van der Waals surface area contributed by atoms with Crippen molar-refractivity contribution in [3.05, 3.63) is 22.2 Å². The molecule has 7 heteroatoms. The third-order valence-corrected chi connectivity index (χ3v) is 6.84. The van der Waals surface area contributed by atoms with Gasteiger partial charge in [-0.1, -0.05) is 6.42 Å². The summed E-state index contributed by atoms with van der Waals surface area (Å²) in [4.78, 5) is 0. The van der Waals surface area contributed by atoms with Crippen molar-refractivity contribution < 1.29 is 23.0 Å². The van der Waals surface area contributed by atoms with Crippen LogP contribution in [0.5, 0.6) is 11.5 Å². The van der Waals surface area contributed by atoms with Gasteiger partial charge in [-0.3, -0.25) is 0 Å². The lowest BCUT2D eigenvalue weighted by molar-refractivity contribution is 0.160. The molecule has 0 bridgehead atoms. The predicted octanol–water partition coefficient (Wildman–Crippen LogP) is 2.47. The van der Waals surface area contributed by atoms with Crippen LogP contribution in [0.2, 0.25) is 0 Å². The van der Waals surface area contributed by atoms with E-state index >= 15 is 0 Å². The molecule has 0 saturated carbocycles. The summed E-state index contributed by atoms with van der Waals surface area (Å²) in [6, 6.07) is 3.33. The predicted molar refractivity (Wildman–Crippen MR) is 83.6 cm³/mol. The average molecular weight is 379 g/mol. The maximum absolute atomic E-state index is 12.2. The zero-order valence-corrected chi connectivity index (χ0v) is 14.4. The highest BCUT2D eigenvalue weighted by atomic mass is 79.9. The smallest absolute Gasteiger partial charge is 0.156 e. The normalized spacial score (nSPS) is 22.6. The van der Waals surface area contributed by atoms with Gasteiger partial charge in [0, 0.05) is 5.56 Å². The Balaban J connectivity index is 2.43. The van der Waals surface area contributed by atoms with Gasteiger partial charge >= 0.3 is 0 Å². The van der Waals surface area contributed by atoms with Crippen LogP contribution in [-0.4, -0.2) is 38.7 Å². The number of sulfone groups is 1. The van der Waals surface area contributed by atoms with E-state index < -0.39 is 21.2 Å². The second-order valence-electron chi connectivity index (χ2n) is 5.05. The molecule has 1 heterocycles. The minimum Gasteiger partial charge on any atom is -0.495 e. The molecule has 0 amide bonds. The molecule has 0 aromatic heterocycles. The first-order valence-electron chi connectivity index (χ1n) is 6.72. The van der Waals surface area contributed by atoms with E-state index in [1.165, 1.54) is 14.2 Å². The molecule has 1 aliphatic rings. The molecule has 2 atom stereocenters. The molecule has 1 aliphatic heterocycles. The molecule has 0 spiro atoms. The number of halogens is 1. The van der Waals surface area contributed by atoms with Crippen LogP contribution in [0.3, 0.4) is 0 Å². The summed E-state index contributed by atoms with van der Waals surface area (Å²) < 4.78 is 35.4. The van der Waals surface area contributed by atoms with Gasteiger partial charge in [-0.05, 0) is 40.9 Å². The number of hydrogen-bond acceptors (Lipinski definition) is 5. The van der Waals surface area contributed by atoms with Gasteiger partial charge in [0.2, 0.25) is 0 Å². The summed E-state index contributed by atoms with van der Waals surface area (Å²) in [5, 5.41) is 9.78. The molecule has 118 valence electrons. The topological polar surface area (TPSA) is 72.8 Å². The van der Waals surface area contributed by atoms with Crippen molar-refractivity contribution in [1.29, 1.82) is 0 Å². The standard InChI is InChI=1S/C14H19BrO5S/c1-19-10-7-6-9(14(20-2)12(10)15)13(16)11-5-3-4-8-21(11,17)18/h6-7,11,13,16H,3-5,8H2,1-2H3. The van der Waals surface area contributed by atoms with Gasteiger partial charge < -0.3 is 14.6 Å². The monoisotopic (exact) mass is 378 g/mol. The van der Waals surface area contributed by atoms with E-state index in [4.69, 9.17) is 9.47 Å². The van der Waals surface area contributed by atoms with Gasteiger partial charge in [0.25, 0.3) is 0 Å². The molecule has 0 aliphatic carbocycles. The maximum Gasteiger partial charge on any atom is 0.156 e. The summed E-state index contributed by atoms with van der Waals surface area (Å²) in [7, 11) is -0.270. The van der Waals surface area contributed by atoms with E-state index in [9.17, 15) is 13.5 Å². The molecule has 1 N–H and O–H groups in total. The number of aliphatic hydroxyl groups excluding tert-OH is 1. The molecule has 1 aromatic carbocycles. The number of rotatable bonds is 4. The summed E-state index contributed by atoms with van der Waals surface area (Å²) in [6.45, 7) is 0. The number of benzene rings is 1. The summed E-state index contributed by atoms with van der Waals surface area (Å²) in [6.07, 6.45) is 0.832. The SMILES string of the molecule is COc1ccc(C(O)C2CCCCS2(=O)=O)c(OC)c1Br. The van der Waals surface area contributed by atoms with Crippen molar-refractivity contribution in [2.45, 2.75) is 30.6 Å². The first-order chi connectivity index (χ1) is 9.92. The van der Waals surface area contributed by atoms with E-state index in [2.05, 4.69) is 15.9 Å². The minimum atomic E-state index is -3.28. The van der Waals surface area contributed by atoms with Crippen LogP contribution in [0.25, 0.3) is 0 Å². The van der Waals surface area contributed by atoms with E-state index in [0.29, 0.717) is 34.4 Å². The Morgan fingerprint density at radius 2 is 2.00 bits per heavy atom. The van der Waals surface area contributed by atoms with Crippen molar-refractivity contribution in [3.8, 4) is 11.5 Å². The van der Waals surface area contributed by atoms with Crippen LogP contribution in [0.4, 0.5) is 0 Å². The van der Waals surface area contributed by atoms with Crippen LogP contribution in [0.1, 0.15) is 30.9 Å². The molecule has 1 fully saturated rings. The van der Waals surface area contributed by atoms with Crippen LogP contribution >= 0.6 is 15.9 Å². The highest BCUT2D eigenvalue weighted by molar-refractivity contribution is 9.10. The molecule has 2 unspecified atom stereocenters. The van der Waals surface area contributed by atoms with Gasteiger partial charge in [0.05, 0.1) is 31.3 Å². The van der Waals surface area contributed by atoms with Crippen molar-refractivity contribution in [2.24, 2.45) is 0 Å². The van der Waals surface area contributed by atoms with Crippen molar-refractivity contribution in [1.82, 2.24) is 0 Å². The lowest BCUT2D eigenvalue weighted by Crippen LogP contribution is -2.34. The molecule has 1 aromatic rings. The van der Waals surface area contributed by atoms with Crippen molar-refractivity contribution >= 4 is 25.8 Å². The molecule has 2 rings (SSSR count). The lowest BCUT2D eigenvalue weighted by atomic mass is 10.0. The van der Waals surface area contributed by atoms with Gasteiger partial charge in [-0.2, -0.15) is 0 Å². The number of hydrogen-bond donors (Lipinski definition) is 1. The first kappa shape index (κ1) is 16.6. The van der Waals surface area contributed by atoms with Crippen LogP contribution in [-0.2, 0) is 9.84 Å². The van der Waals surface area contributed by atoms with Crippen LogP contribution in [0.15, 0.2) is 16.6 Å². The van der Waals surface area contributed by atoms with E-state index in [-0.39, 0.29) is 5.75 Å². The quantitative estimate of drug-likeness (QED) is 0.870. The Hall–Kier alpha value is -0.790. The van der Waals surface area contributed by atoms with Crippen molar-refractivity contribution in [3.63, 3.8) is 0 Å². The molecule has 1 saturated heterocycles. The summed E-state index contributed by atoms with van der Waals surface area (Å²) >= 11 is 3.36. The fourth-order valence-electron chi connectivity index (χ4n) is 2.69.